The third kappa shape index (κ3) is 1.29. The number of hydrogen-bond donors (Lipinski definition) is 0. The summed E-state index contributed by atoms with van der Waals surface area (Å²) in [5.41, 5.74) is 0. The molecule has 4 heteroatoms. The van der Waals surface area contributed by atoms with E-state index in [4.69, 9.17) is 18.9 Å². The van der Waals surface area contributed by atoms with Gasteiger partial charge in [-0.15, -0.1) is 0 Å². The normalized spacial score (nSPS) is 43.3. The monoisotopic (exact) mass is 202 g/mol. The van der Waals surface area contributed by atoms with E-state index in [9.17, 15) is 0 Å². The Bertz CT molecular complexity index is 170. The molecule has 2 rings (SSSR count). The smallest absolute Gasteiger partial charge is 0.223 e. The largest absolute Gasteiger partial charge is 0.349 e. The van der Waals surface area contributed by atoms with Crippen LogP contribution >= 0.6 is 0 Å². The molecule has 14 heavy (non-hydrogen) atoms. The summed E-state index contributed by atoms with van der Waals surface area (Å²) < 4.78 is 22.5. The first-order valence-corrected chi connectivity index (χ1v) is 5.17. The van der Waals surface area contributed by atoms with Crippen molar-refractivity contribution in [3.05, 3.63) is 0 Å². The molecular formula is C10H18O4. The van der Waals surface area contributed by atoms with Gasteiger partial charge >= 0.3 is 0 Å². The zero-order valence-electron chi connectivity index (χ0n) is 8.88. The van der Waals surface area contributed by atoms with Gasteiger partial charge < -0.3 is 18.9 Å². The maximum absolute atomic E-state index is 5.74. The van der Waals surface area contributed by atoms with E-state index in [1.165, 1.54) is 0 Å². The molecule has 0 radical (unpaired) electrons. The molecular weight excluding hydrogens is 184 g/mol. The molecule has 1 heterocycles. The Morgan fingerprint density at radius 1 is 0.857 bits per heavy atom. The summed E-state index contributed by atoms with van der Waals surface area (Å²) in [5.74, 6) is -1.36. The molecule has 1 saturated heterocycles. The Morgan fingerprint density at radius 3 is 1.64 bits per heavy atom. The predicted molar refractivity (Wildman–Crippen MR) is 49.9 cm³/mol. The molecule has 0 bridgehead atoms. The van der Waals surface area contributed by atoms with Gasteiger partial charge in [0.05, 0.1) is 13.2 Å². The van der Waals surface area contributed by atoms with E-state index < -0.39 is 11.6 Å². The fourth-order valence-corrected chi connectivity index (χ4v) is 2.51. The summed E-state index contributed by atoms with van der Waals surface area (Å²) in [5, 5.41) is 0. The second-order valence-electron chi connectivity index (χ2n) is 3.82. The molecule has 2 fully saturated rings. The number of fused-ring (bicyclic) bond motifs is 1. The number of methoxy groups -OCH3 is 2. The topological polar surface area (TPSA) is 36.9 Å². The van der Waals surface area contributed by atoms with Crippen molar-refractivity contribution in [3.8, 4) is 0 Å². The van der Waals surface area contributed by atoms with Gasteiger partial charge in [-0.05, 0) is 12.8 Å². The number of hydrogen-bond acceptors (Lipinski definition) is 4. The number of ether oxygens (including phenoxy) is 4. The van der Waals surface area contributed by atoms with Crippen molar-refractivity contribution in [1.82, 2.24) is 0 Å². The Morgan fingerprint density at radius 2 is 1.29 bits per heavy atom. The van der Waals surface area contributed by atoms with Crippen LogP contribution in [0.4, 0.5) is 0 Å². The van der Waals surface area contributed by atoms with Crippen molar-refractivity contribution in [2.24, 2.45) is 0 Å². The average molecular weight is 202 g/mol. The lowest BCUT2D eigenvalue weighted by atomic mass is 9.86. The average Bonchev–Trinajstić information content (AvgIpc) is 2.28. The van der Waals surface area contributed by atoms with Gasteiger partial charge in [-0.1, -0.05) is 0 Å². The molecule has 2 atom stereocenters. The van der Waals surface area contributed by atoms with Crippen molar-refractivity contribution >= 4 is 0 Å². The van der Waals surface area contributed by atoms with Crippen molar-refractivity contribution in [2.75, 3.05) is 27.4 Å². The highest BCUT2D eigenvalue weighted by Gasteiger charge is 2.58. The lowest BCUT2D eigenvalue weighted by Gasteiger charge is -2.52. The third-order valence-electron chi connectivity index (χ3n) is 3.26. The summed E-state index contributed by atoms with van der Waals surface area (Å²) in [6.07, 6.45) is 3.89. The van der Waals surface area contributed by atoms with Crippen molar-refractivity contribution in [1.29, 1.82) is 0 Å². The first kappa shape index (κ1) is 10.4. The Labute approximate surface area is 84.5 Å². The molecule has 0 amide bonds. The molecule has 1 saturated carbocycles. The molecule has 1 aliphatic carbocycles. The zero-order valence-corrected chi connectivity index (χ0v) is 8.88. The highest BCUT2D eigenvalue weighted by Crippen LogP contribution is 2.45. The lowest BCUT2D eigenvalue weighted by molar-refractivity contribution is -0.439. The Balaban J connectivity index is 2.27. The zero-order chi connectivity index (χ0) is 10.1. The summed E-state index contributed by atoms with van der Waals surface area (Å²) in [7, 11) is 3.32. The van der Waals surface area contributed by atoms with Crippen LogP contribution in [0.3, 0.4) is 0 Å². The quantitative estimate of drug-likeness (QED) is 0.676. The first-order valence-electron chi connectivity index (χ1n) is 5.17. The lowest BCUT2D eigenvalue weighted by Crippen LogP contribution is -2.64. The van der Waals surface area contributed by atoms with Gasteiger partial charge in [-0.3, -0.25) is 0 Å². The molecule has 1 aliphatic heterocycles. The van der Waals surface area contributed by atoms with E-state index in [1.54, 1.807) is 14.2 Å². The first-order chi connectivity index (χ1) is 6.79. The second-order valence-corrected chi connectivity index (χ2v) is 3.82. The Hall–Kier alpha value is -0.160. The highest BCUT2D eigenvalue weighted by molar-refractivity contribution is 4.94. The van der Waals surface area contributed by atoms with Gasteiger partial charge in [-0.2, -0.15) is 0 Å². The standard InChI is InChI=1S/C10H18O4/c1-11-9-5-3-4-6-10(9,12-2)14-8-7-13-9/h3-8H2,1-2H3. The van der Waals surface area contributed by atoms with Gasteiger partial charge in [0.2, 0.25) is 11.6 Å². The van der Waals surface area contributed by atoms with E-state index in [2.05, 4.69) is 0 Å². The summed E-state index contributed by atoms with van der Waals surface area (Å²) in [6, 6.07) is 0. The SMILES string of the molecule is COC12CCCCC1(OC)OCCO2. The van der Waals surface area contributed by atoms with Crippen LogP contribution in [0.1, 0.15) is 25.7 Å². The van der Waals surface area contributed by atoms with Gasteiger partial charge in [0.25, 0.3) is 0 Å². The van der Waals surface area contributed by atoms with Crippen LogP contribution in [-0.2, 0) is 18.9 Å². The number of rotatable bonds is 2. The predicted octanol–water partition coefficient (Wildman–Crippen LogP) is 1.29. The van der Waals surface area contributed by atoms with Gasteiger partial charge in [0.1, 0.15) is 0 Å². The van der Waals surface area contributed by atoms with Gasteiger partial charge in [0, 0.05) is 27.1 Å². The molecule has 0 N–H and O–H groups in total. The van der Waals surface area contributed by atoms with Gasteiger partial charge in [0.15, 0.2) is 0 Å². The van der Waals surface area contributed by atoms with Crippen LogP contribution in [0.5, 0.6) is 0 Å². The van der Waals surface area contributed by atoms with Crippen molar-refractivity contribution in [2.45, 2.75) is 37.3 Å². The van der Waals surface area contributed by atoms with Crippen LogP contribution < -0.4 is 0 Å². The minimum Gasteiger partial charge on any atom is -0.349 e. The third-order valence-corrected chi connectivity index (χ3v) is 3.26. The van der Waals surface area contributed by atoms with E-state index in [-0.39, 0.29) is 0 Å². The van der Waals surface area contributed by atoms with E-state index >= 15 is 0 Å². The fourth-order valence-electron chi connectivity index (χ4n) is 2.51. The maximum Gasteiger partial charge on any atom is 0.223 e. The van der Waals surface area contributed by atoms with E-state index in [0.29, 0.717) is 13.2 Å². The Kier molecular flexibility index (Phi) is 2.79. The van der Waals surface area contributed by atoms with Crippen LogP contribution in [0.15, 0.2) is 0 Å². The molecule has 2 aliphatic rings. The minimum atomic E-state index is -0.682. The summed E-state index contributed by atoms with van der Waals surface area (Å²) in [4.78, 5) is 0. The highest BCUT2D eigenvalue weighted by atomic mass is 16.8. The molecule has 0 aromatic rings. The van der Waals surface area contributed by atoms with Crippen LogP contribution in [0.25, 0.3) is 0 Å². The molecule has 0 aromatic heterocycles. The van der Waals surface area contributed by atoms with E-state index in [1.807, 2.05) is 0 Å². The summed E-state index contributed by atoms with van der Waals surface area (Å²) >= 11 is 0. The summed E-state index contributed by atoms with van der Waals surface area (Å²) in [6.45, 7) is 1.16. The second kappa shape index (κ2) is 3.77. The van der Waals surface area contributed by atoms with Crippen LogP contribution in [0.2, 0.25) is 0 Å². The minimum absolute atomic E-state index is 0.582. The molecule has 2 unspecified atom stereocenters. The van der Waals surface area contributed by atoms with Crippen molar-refractivity contribution < 1.29 is 18.9 Å². The maximum atomic E-state index is 5.74. The van der Waals surface area contributed by atoms with Crippen molar-refractivity contribution in [3.63, 3.8) is 0 Å². The molecule has 4 nitrogen and oxygen atoms in total. The van der Waals surface area contributed by atoms with Crippen LogP contribution in [-0.4, -0.2) is 39.0 Å². The van der Waals surface area contributed by atoms with E-state index in [0.717, 1.165) is 25.7 Å². The van der Waals surface area contributed by atoms with Crippen LogP contribution in [0, 0.1) is 0 Å². The van der Waals surface area contributed by atoms with Gasteiger partial charge in [-0.25, -0.2) is 0 Å². The molecule has 82 valence electrons. The molecule has 0 spiro atoms. The molecule has 0 aromatic carbocycles. The fraction of sp³-hybridized carbons (Fsp3) is 1.00.